The van der Waals surface area contributed by atoms with E-state index in [0.717, 1.165) is 11.3 Å². The number of phenols is 1. The molecule has 2 aromatic rings. The van der Waals surface area contributed by atoms with Crippen molar-refractivity contribution in [3.8, 4) is 17.2 Å². The zero-order chi connectivity index (χ0) is 15.5. The monoisotopic (exact) mass is 299 g/mol. The number of amides is 1. The first-order chi connectivity index (χ1) is 10.6. The Labute approximate surface area is 128 Å². The Balaban J connectivity index is 1.69. The fourth-order valence-electron chi connectivity index (χ4n) is 2.32. The molecule has 5 nitrogen and oxygen atoms in total. The second kappa shape index (κ2) is 5.97. The van der Waals surface area contributed by atoms with Gasteiger partial charge in [-0.3, -0.25) is 4.79 Å². The topological polar surface area (TPSA) is 67.8 Å². The highest BCUT2D eigenvalue weighted by Crippen LogP contribution is 2.30. The molecule has 114 valence electrons. The lowest BCUT2D eigenvalue weighted by Gasteiger charge is -2.19. The Morgan fingerprint density at radius 3 is 2.77 bits per heavy atom. The first-order valence-corrected chi connectivity index (χ1v) is 7.10. The van der Waals surface area contributed by atoms with E-state index in [1.54, 1.807) is 25.1 Å². The van der Waals surface area contributed by atoms with Crippen molar-refractivity contribution < 1.29 is 19.4 Å². The fraction of sp³-hybridized carbons (Fsp3) is 0.235. The summed E-state index contributed by atoms with van der Waals surface area (Å²) >= 11 is 0. The summed E-state index contributed by atoms with van der Waals surface area (Å²) in [5.41, 5.74) is 1.86. The van der Waals surface area contributed by atoms with Crippen molar-refractivity contribution >= 4 is 5.91 Å². The maximum Gasteiger partial charge on any atom is 0.255 e. The van der Waals surface area contributed by atoms with Gasteiger partial charge in [-0.15, -0.1) is 0 Å². The van der Waals surface area contributed by atoms with Gasteiger partial charge in [-0.2, -0.15) is 0 Å². The van der Waals surface area contributed by atoms with Crippen molar-refractivity contribution in [3.05, 3.63) is 53.1 Å². The number of hydrogen-bond donors (Lipinski definition) is 2. The molecule has 0 atom stereocenters. The van der Waals surface area contributed by atoms with E-state index in [1.165, 1.54) is 0 Å². The number of hydrogen-bond acceptors (Lipinski definition) is 4. The van der Waals surface area contributed by atoms with Gasteiger partial charge in [0.25, 0.3) is 5.91 Å². The Hall–Kier alpha value is -2.69. The van der Waals surface area contributed by atoms with Crippen LogP contribution >= 0.6 is 0 Å². The Kier molecular flexibility index (Phi) is 3.87. The van der Waals surface area contributed by atoms with Crippen molar-refractivity contribution in [2.45, 2.75) is 13.5 Å². The van der Waals surface area contributed by atoms with Crippen molar-refractivity contribution in [1.29, 1.82) is 0 Å². The summed E-state index contributed by atoms with van der Waals surface area (Å²) in [4.78, 5) is 12.2. The van der Waals surface area contributed by atoms with Crippen LogP contribution in [-0.4, -0.2) is 24.2 Å². The van der Waals surface area contributed by atoms with Gasteiger partial charge in [-0.25, -0.2) is 0 Å². The van der Waals surface area contributed by atoms with Crippen molar-refractivity contribution in [2.75, 3.05) is 13.2 Å². The van der Waals surface area contributed by atoms with Crippen LogP contribution in [0.2, 0.25) is 0 Å². The molecule has 0 saturated carbocycles. The molecule has 0 aromatic heterocycles. The van der Waals surface area contributed by atoms with Crippen LogP contribution < -0.4 is 14.8 Å². The van der Waals surface area contributed by atoms with Gasteiger partial charge in [0, 0.05) is 6.54 Å². The van der Waals surface area contributed by atoms with Crippen LogP contribution in [0.4, 0.5) is 0 Å². The SMILES string of the molecule is Cc1cccc(C(=O)NCc2ccc3c(c2)OCCO3)c1O. The van der Waals surface area contributed by atoms with Gasteiger partial charge in [0.1, 0.15) is 19.0 Å². The smallest absolute Gasteiger partial charge is 0.255 e. The molecule has 1 aliphatic rings. The molecule has 0 fully saturated rings. The average Bonchev–Trinajstić information content (AvgIpc) is 2.55. The summed E-state index contributed by atoms with van der Waals surface area (Å²) in [7, 11) is 0. The van der Waals surface area contributed by atoms with Crippen molar-refractivity contribution in [1.82, 2.24) is 5.32 Å². The minimum absolute atomic E-state index is 0.0159. The minimum atomic E-state index is -0.309. The molecule has 1 aliphatic heterocycles. The number of ether oxygens (including phenoxy) is 2. The standard InChI is InChI=1S/C17H17NO4/c1-11-3-2-4-13(16(11)19)17(20)18-10-12-5-6-14-15(9-12)22-8-7-21-14/h2-6,9,19H,7-8,10H2,1H3,(H,18,20). The Morgan fingerprint density at radius 1 is 1.18 bits per heavy atom. The molecule has 2 aromatic carbocycles. The highest BCUT2D eigenvalue weighted by Gasteiger charge is 2.14. The largest absolute Gasteiger partial charge is 0.507 e. The van der Waals surface area contributed by atoms with Gasteiger partial charge in [-0.05, 0) is 36.2 Å². The van der Waals surface area contributed by atoms with Crippen LogP contribution in [-0.2, 0) is 6.54 Å². The summed E-state index contributed by atoms with van der Waals surface area (Å²) in [6, 6.07) is 10.7. The van der Waals surface area contributed by atoms with Crippen LogP contribution in [0.1, 0.15) is 21.5 Å². The van der Waals surface area contributed by atoms with Gasteiger partial charge in [0.2, 0.25) is 0 Å². The third kappa shape index (κ3) is 2.83. The molecule has 0 radical (unpaired) electrons. The van der Waals surface area contributed by atoms with Crippen LogP contribution in [0.25, 0.3) is 0 Å². The minimum Gasteiger partial charge on any atom is -0.507 e. The van der Waals surface area contributed by atoms with E-state index in [4.69, 9.17) is 9.47 Å². The summed E-state index contributed by atoms with van der Waals surface area (Å²) in [5, 5.41) is 12.7. The zero-order valence-corrected chi connectivity index (χ0v) is 12.3. The summed E-state index contributed by atoms with van der Waals surface area (Å²) in [5.74, 6) is 1.12. The number of fused-ring (bicyclic) bond motifs is 1. The van der Waals surface area contributed by atoms with Gasteiger partial charge in [-0.1, -0.05) is 18.2 Å². The van der Waals surface area contributed by atoms with E-state index >= 15 is 0 Å². The lowest BCUT2D eigenvalue weighted by atomic mass is 10.1. The van der Waals surface area contributed by atoms with Gasteiger partial charge >= 0.3 is 0 Å². The maximum absolute atomic E-state index is 12.2. The predicted molar refractivity (Wildman–Crippen MR) is 81.4 cm³/mol. The highest BCUT2D eigenvalue weighted by atomic mass is 16.6. The molecule has 3 rings (SSSR count). The number of aromatic hydroxyl groups is 1. The molecular weight excluding hydrogens is 282 g/mol. The van der Waals surface area contributed by atoms with E-state index in [-0.39, 0.29) is 17.2 Å². The Bertz CT molecular complexity index is 712. The van der Waals surface area contributed by atoms with Crippen LogP contribution in [0.5, 0.6) is 17.2 Å². The quantitative estimate of drug-likeness (QED) is 0.913. The second-order valence-corrected chi connectivity index (χ2v) is 5.13. The lowest BCUT2D eigenvalue weighted by Crippen LogP contribution is -2.23. The van der Waals surface area contributed by atoms with E-state index in [9.17, 15) is 9.90 Å². The fourth-order valence-corrected chi connectivity index (χ4v) is 2.32. The number of benzene rings is 2. The molecule has 1 amide bonds. The van der Waals surface area contributed by atoms with Crippen LogP contribution in [0, 0.1) is 6.92 Å². The molecule has 0 spiro atoms. The zero-order valence-electron chi connectivity index (χ0n) is 12.3. The molecule has 0 unspecified atom stereocenters. The molecule has 0 saturated heterocycles. The molecule has 0 bridgehead atoms. The van der Waals surface area contributed by atoms with E-state index in [1.807, 2.05) is 18.2 Å². The lowest BCUT2D eigenvalue weighted by molar-refractivity contribution is 0.0948. The summed E-state index contributed by atoms with van der Waals surface area (Å²) in [6.07, 6.45) is 0. The van der Waals surface area contributed by atoms with E-state index < -0.39 is 0 Å². The third-order valence-electron chi connectivity index (χ3n) is 3.54. The second-order valence-electron chi connectivity index (χ2n) is 5.13. The molecular formula is C17H17NO4. The number of aryl methyl sites for hydroxylation is 1. The average molecular weight is 299 g/mol. The molecule has 2 N–H and O–H groups in total. The number of nitrogens with one attached hydrogen (secondary N) is 1. The first kappa shape index (κ1) is 14.3. The number of rotatable bonds is 3. The number of para-hydroxylation sites is 1. The first-order valence-electron chi connectivity index (χ1n) is 7.10. The number of carbonyl (C=O) groups excluding carboxylic acids is 1. The normalized spacial score (nSPS) is 12.8. The molecule has 22 heavy (non-hydrogen) atoms. The Morgan fingerprint density at radius 2 is 1.95 bits per heavy atom. The predicted octanol–water partition coefficient (Wildman–Crippen LogP) is 2.40. The van der Waals surface area contributed by atoms with Crippen molar-refractivity contribution in [2.24, 2.45) is 0 Å². The van der Waals surface area contributed by atoms with Crippen LogP contribution in [0.3, 0.4) is 0 Å². The molecule has 1 heterocycles. The molecule has 0 aliphatic carbocycles. The highest BCUT2D eigenvalue weighted by molar-refractivity contribution is 5.97. The number of carbonyl (C=O) groups is 1. The van der Waals surface area contributed by atoms with Gasteiger partial charge in [0.15, 0.2) is 11.5 Å². The maximum atomic E-state index is 12.2. The van der Waals surface area contributed by atoms with E-state index in [0.29, 0.717) is 31.1 Å². The molecule has 5 heteroatoms. The third-order valence-corrected chi connectivity index (χ3v) is 3.54. The van der Waals surface area contributed by atoms with E-state index in [2.05, 4.69) is 5.32 Å². The summed E-state index contributed by atoms with van der Waals surface area (Å²) in [6.45, 7) is 3.19. The van der Waals surface area contributed by atoms with Crippen LogP contribution in [0.15, 0.2) is 36.4 Å². The number of phenolic OH excluding ortho intramolecular Hbond substituents is 1. The summed E-state index contributed by atoms with van der Waals surface area (Å²) < 4.78 is 11.0. The van der Waals surface area contributed by atoms with Gasteiger partial charge in [0.05, 0.1) is 5.56 Å². The van der Waals surface area contributed by atoms with Gasteiger partial charge < -0.3 is 19.9 Å². The van der Waals surface area contributed by atoms with Crippen molar-refractivity contribution in [3.63, 3.8) is 0 Å².